The molecule has 0 unspecified atom stereocenters. The lowest BCUT2D eigenvalue weighted by molar-refractivity contribution is 0.414. The predicted octanol–water partition coefficient (Wildman–Crippen LogP) is 4.27. The third kappa shape index (κ3) is 7.98. The van der Waals surface area contributed by atoms with Crippen molar-refractivity contribution in [3.05, 3.63) is 70.6 Å². The highest BCUT2D eigenvalue weighted by Gasteiger charge is 2.08. The summed E-state index contributed by atoms with van der Waals surface area (Å²) in [6.45, 7) is 2.36. The molecule has 3 aromatic rings. The number of likely N-dealkylation sites (N-methyl/N-ethyl adjacent to an activating group) is 1. The van der Waals surface area contributed by atoms with E-state index in [1.807, 2.05) is 35.8 Å². The number of hydrogen-bond acceptors (Lipinski definition) is 5. The van der Waals surface area contributed by atoms with Crippen molar-refractivity contribution in [3.63, 3.8) is 0 Å². The van der Waals surface area contributed by atoms with Crippen LogP contribution in [-0.4, -0.2) is 49.6 Å². The molecule has 3 rings (SSSR count). The van der Waals surface area contributed by atoms with E-state index in [1.54, 1.807) is 24.7 Å². The van der Waals surface area contributed by atoms with Crippen molar-refractivity contribution in [1.82, 2.24) is 15.2 Å². The lowest BCUT2D eigenvalue weighted by Crippen LogP contribution is -2.41. The Morgan fingerprint density at radius 2 is 2.03 bits per heavy atom. The monoisotopic (exact) mass is 540 g/mol. The molecule has 0 bridgehead atoms. The maximum Gasteiger partial charge on any atom is 0.193 e. The first-order valence-electron chi connectivity index (χ1n) is 9.77. The van der Waals surface area contributed by atoms with E-state index < -0.39 is 0 Å². The summed E-state index contributed by atoms with van der Waals surface area (Å²) in [5.41, 5.74) is 1.26. The Morgan fingerprint density at radius 1 is 1.20 bits per heavy atom. The van der Waals surface area contributed by atoms with Crippen LogP contribution in [0.1, 0.15) is 16.3 Å². The summed E-state index contributed by atoms with van der Waals surface area (Å²) < 4.78 is 10.6. The smallest absolute Gasteiger partial charge is 0.193 e. The molecular formula is C22H29IN4O2S. The number of thiazole rings is 1. The molecule has 0 aliphatic heterocycles. The summed E-state index contributed by atoms with van der Waals surface area (Å²) in [5, 5.41) is 6.66. The van der Waals surface area contributed by atoms with Crippen molar-refractivity contribution in [2.45, 2.75) is 19.3 Å². The Bertz CT molecular complexity index is 852. The number of ether oxygens (including phenoxy) is 1. The number of guanidine groups is 1. The Balaban J connectivity index is 0.00000320. The summed E-state index contributed by atoms with van der Waals surface area (Å²) >= 11 is 1.69. The van der Waals surface area contributed by atoms with Gasteiger partial charge in [0.25, 0.3) is 0 Å². The first-order chi connectivity index (χ1) is 14.2. The van der Waals surface area contributed by atoms with Crippen molar-refractivity contribution in [2.75, 3.05) is 33.8 Å². The van der Waals surface area contributed by atoms with E-state index in [4.69, 9.17) is 14.1 Å². The van der Waals surface area contributed by atoms with Gasteiger partial charge in [-0.1, -0.05) is 12.1 Å². The van der Waals surface area contributed by atoms with Gasteiger partial charge in [0.1, 0.15) is 11.5 Å². The lowest BCUT2D eigenvalue weighted by Gasteiger charge is -2.22. The number of nitrogens with one attached hydrogen (secondary N) is 1. The molecule has 30 heavy (non-hydrogen) atoms. The fourth-order valence-electron chi connectivity index (χ4n) is 2.89. The molecule has 0 spiro atoms. The fraction of sp³-hybridized carbons (Fsp3) is 0.364. The zero-order chi connectivity index (χ0) is 20.3. The highest BCUT2D eigenvalue weighted by molar-refractivity contribution is 14.0. The van der Waals surface area contributed by atoms with Gasteiger partial charge < -0.3 is 19.4 Å². The van der Waals surface area contributed by atoms with Crippen LogP contribution in [0.5, 0.6) is 5.75 Å². The number of aromatic nitrogens is 1. The summed E-state index contributed by atoms with van der Waals surface area (Å²) in [4.78, 5) is 11.3. The number of halogens is 1. The lowest BCUT2D eigenvalue weighted by atomic mass is 10.1. The largest absolute Gasteiger partial charge is 0.497 e. The molecule has 0 fully saturated rings. The third-order valence-corrected chi connectivity index (χ3v) is 5.40. The zero-order valence-electron chi connectivity index (χ0n) is 17.4. The van der Waals surface area contributed by atoms with Crippen molar-refractivity contribution in [1.29, 1.82) is 0 Å². The van der Waals surface area contributed by atoms with E-state index in [0.29, 0.717) is 6.54 Å². The fourth-order valence-corrected chi connectivity index (χ4v) is 3.50. The highest BCUT2D eigenvalue weighted by Crippen LogP contribution is 2.11. The van der Waals surface area contributed by atoms with Crippen LogP contribution in [0.15, 0.2) is 63.6 Å². The minimum absolute atomic E-state index is 0. The minimum atomic E-state index is 0. The molecular weight excluding hydrogens is 511 g/mol. The zero-order valence-corrected chi connectivity index (χ0v) is 20.6. The van der Waals surface area contributed by atoms with Crippen LogP contribution in [-0.2, 0) is 19.3 Å². The van der Waals surface area contributed by atoms with E-state index in [9.17, 15) is 0 Å². The van der Waals surface area contributed by atoms with Gasteiger partial charge >= 0.3 is 0 Å². The molecule has 2 heterocycles. The molecule has 1 N–H and O–H groups in total. The van der Waals surface area contributed by atoms with Gasteiger partial charge in [0, 0.05) is 51.1 Å². The number of furan rings is 1. The van der Waals surface area contributed by atoms with Gasteiger partial charge in [-0.25, -0.2) is 4.98 Å². The van der Waals surface area contributed by atoms with Gasteiger partial charge in [0.05, 0.1) is 18.4 Å². The Labute approximate surface area is 199 Å². The SMILES string of the molecule is COc1ccc(CCNC(=NCCc2ccco2)N(C)CCc2nccs2)cc1.I. The molecule has 8 heteroatoms. The molecule has 0 atom stereocenters. The van der Waals surface area contributed by atoms with Gasteiger partial charge in [-0.3, -0.25) is 4.99 Å². The van der Waals surface area contributed by atoms with Crippen molar-refractivity contribution >= 4 is 41.3 Å². The second-order valence-corrected chi connectivity index (χ2v) is 7.64. The minimum Gasteiger partial charge on any atom is -0.497 e. The maximum absolute atomic E-state index is 5.41. The molecule has 0 aliphatic carbocycles. The van der Waals surface area contributed by atoms with Crippen molar-refractivity contribution < 1.29 is 9.15 Å². The quantitative estimate of drug-likeness (QED) is 0.237. The van der Waals surface area contributed by atoms with E-state index in [1.165, 1.54) is 5.56 Å². The van der Waals surface area contributed by atoms with Crippen LogP contribution in [0.2, 0.25) is 0 Å². The van der Waals surface area contributed by atoms with Crippen LogP contribution in [0.25, 0.3) is 0 Å². The van der Waals surface area contributed by atoms with Crippen LogP contribution < -0.4 is 10.1 Å². The van der Waals surface area contributed by atoms with Crippen LogP contribution in [0, 0.1) is 0 Å². The molecule has 0 saturated heterocycles. The summed E-state index contributed by atoms with van der Waals surface area (Å²) in [5.74, 6) is 2.74. The predicted molar refractivity (Wildman–Crippen MR) is 133 cm³/mol. The number of hydrogen-bond donors (Lipinski definition) is 1. The van der Waals surface area contributed by atoms with Gasteiger partial charge in [0.15, 0.2) is 5.96 Å². The Kier molecular flexibility index (Phi) is 10.7. The molecule has 0 radical (unpaired) electrons. The standard InChI is InChI=1S/C22H28N4O2S.HI/c1-26(15-11-21-23-14-17-29-21)22(25-13-10-20-4-3-16-28-20)24-12-9-18-5-7-19(27-2)8-6-18;/h3-8,14,16-17H,9-13,15H2,1-2H3,(H,24,25);1H. The van der Waals surface area contributed by atoms with Gasteiger partial charge in [0.2, 0.25) is 0 Å². The first-order valence-corrected chi connectivity index (χ1v) is 10.7. The number of nitrogens with zero attached hydrogens (tertiary/aromatic N) is 3. The average molecular weight is 540 g/mol. The number of rotatable bonds is 10. The van der Waals surface area contributed by atoms with Gasteiger partial charge in [-0.2, -0.15) is 0 Å². The molecule has 2 aromatic heterocycles. The molecule has 0 aliphatic rings. The van der Waals surface area contributed by atoms with Crippen molar-refractivity contribution in [3.8, 4) is 5.75 Å². The van der Waals surface area contributed by atoms with Crippen LogP contribution in [0.4, 0.5) is 0 Å². The molecule has 1 aromatic carbocycles. The van der Waals surface area contributed by atoms with Gasteiger partial charge in [-0.05, 0) is 36.2 Å². The molecule has 0 saturated carbocycles. The molecule has 0 amide bonds. The first kappa shape index (κ1) is 24.2. The summed E-state index contributed by atoms with van der Waals surface area (Å²) in [6, 6.07) is 12.1. The average Bonchev–Trinajstić information content (AvgIpc) is 3.45. The normalized spacial score (nSPS) is 11.1. The summed E-state index contributed by atoms with van der Waals surface area (Å²) in [7, 11) is 3.75. The second-order valence-electron chi connectivity index (χ2n) is 6.66. The molecule has 6 nitrogen and oxygen atoms in total. The maximum atomic E-state index is 5.41. The number of aliphatic imine (C=N–C) groups is 1. The number of benzene rings is 1. The second kappa shape index (κ2) is 13.3. The Hall–Kier alpha value is -2.07. The van der Waals surface area contributed by atoms with Crippen LogP contribution in [0.3, 0.4) is 0 Å². The van der Waals surface area contributed by atoms with E-state index in [2.05, 4.69) is 34.4 Å². The topological polar surface area (TPSA) is 62.9 Å². The van der Waals surface area contributed by atoms with E-state index in [-0.39, 0.29) is 24.0 Å². The van der Waals surface area contributed by atoms with E-state index in [0.717, 1.165) is 54.8 Å². The summed E-state index contributed by atoms with van der Waals surface area (Å²) in [6.07, 6.45) is 6.17. The third-order valence-electron chi connectivity index (χ3n) is 4.56. The Morgan fingerprint density at radius 3 is 2.70 bits per heavy atom. The van der Waals surface area contributed by atoms with E-state index >= 15 is 0 Å². The van der Waals surface area contributed by atoms with Gasteiger partial charge in [-0.15, -0.1) is 35.3 Å². The van der Waals surface area contributed by atoms with Crippen molar-refractivity contribution in [2.24, 2.45) is 4.99 Å². The highest BCUT2D eigenvalue weighted by atomic mass is 127. The number of methoxy groups -OCH3 is 1. The molecule has 162 valence electrons. The van der Waals surface area contributed by atoms with Crippen LogP contribution >= 0.6 is 35.3 Å².